The molecule has 4 aromatic rings. The first-order valence-corrected chi connectivity index (χ1v) is 6.77. The fraction of sp³-hybridized carbons (Fsp3) is 0.167. The molecule has 0 aliphatic rings. The Hall–Kier alpha value is -2.39. The fourth-order valence-electron chi connectivity index (χ4n) is 1.63. The number of aromatic nitrogens is 8. The summed E-state index contributed by atoms with van der Waals surface area (Å²) in [5, 5.41) is 12.7. The van der Waals surface area contributed by atoms with Crippen molar-refractivity contribution in [2.24, 2.45) is 7.05 Å². The molecular formula is C12H11Cl2FN8. The number of nitrogens with zero attached hydrogens (tertiary/aromatic N) is 7. The molecule has 4 rings (SSSR count). The van der Waals surface area contributed by atoms with Crippen LogP contribution < -0.4 is 0 Å². The summed E-state index contributed by atoms with van der Waals surface area (Å²) >= 11 is 11.1. The first-order chi connectivity index (χ1) is 11.5. The van der Waals surface area contributed by atoms with Gasteiger partial charge in [0.15, 0.2) is 11.3 Å². The van der Waals surface area contributed by atoms with Crippen LogP contribution in [0.25, 0.3) is 22.1 Å². The van der Waals surface area contributed by atoms with E-state index in [1.54, 1.807) is 29.5 Å². The van der Waals surface area contributed by atoms with Crippen LogP contribution in [0.2, 0.25) is 10.6 Å². The number of fused-ring (bicyclic) bond motifs is 2. The normalized spacial score (nSPS) is 10.5. The lowest BCUT2D eigenvalue weighted by molar-refractivity contribution is 0.636. The minimum absolute atomic E-state index is 0.233. The second-order valence-electron chi connectivity index (χ2n) is 4.00. The topological polar surface area (TPSA) is 98.1 Å². The van der Waals surface area contributed by atoms with Crippen molar-refractivity contribution in [2.75, 3.05) is 7.15 Å². The Kier molecular flexibility index (Phi) is 5.22. The van der Waals surface area contributed by atoms with Crippen molar-refractivity contribution in [1.82, 2.24) is 39.9 Å². The third kappa shape index (κ3) is 4.08. The van der Waals surface area contributed by atoms with Gasteiger partial charge in [-0.3, -0.25) is 14.2 Å². The van der Waals surface area contributed by atoms with Gasteiger partial charge in [-0.1, -0.05) is 0 Å². The Labute approximate surface area is 141 Å². The molecule has 4 aromatic heterocycles. The number of rotatable bonds is 0. The SMILES string of the molecule is Clc1ncc2cn[nH]c2n1.Cn1ncc2cnc(Cl)nc21.[2H]CF. The molecular weight excluding hydrogens is 346 g/mol. The van der Waals surface area contributed by atoms with E-state index in [9.17, 15) is 4.39 Å². The number of hydrogen-bond donors (Lipinski definition) is 1. The molecule has 0 spiro atoms. The van der Waals surface area contributed by atoms with Gasteiger partial charge in [0.05, 0.1) is 31.7 Å². The first kappa shape index (κ1) is 15.5. The number of aromatic amines is 1. The number of H-pyrrole nitrogens is 1. The third-order valence-electron chi connectivity index (χ3n) is 2.60. The van der Waals surface area contributed by atoms with Crippen molar-refractivity contribution >= 4 is 45.3 Å². The van der Waals surface area contributed by atoms with Gasteiger partial charge < -0.3 is 0 Å². The molecule has 0 atom stereocenters. The van der Waals surface area contributed by atoms with Crippen molar-refractivity contribution in [3.05, 3.63) is 35.4 Å². The van der Waals surface area contributed by atoms with Gasteiger partial charge in [0, 0.05) is 19.4 Å². The van der Waals surface area contributed by atoms with E-state index in [1.807, 2.05) is 7.05 Å². The molecule has 0 amide bonds. The lowest BCUT2D eigenvalue weighted by Crippen LogP contribution is -1.92. The van der Waals surface area contributed by atoms with E-state index in [0.29, 0.717) is 5.65 Å². The fourth-order valence-corrected chi connectivity index (χ4v) is 1.89. The van der Waals surface area contributed by atoms with E-state index in [4.69, 9.17) is 24.6 Å². The number of nitrogens with one attached hydrogen (secondary N) is 1. The van der Waals surface area contributed by atoms with Gasteiger partial charge in [-0.2, -0.15) is 20.2 Å². The highest BCUT2D eigenvalue weighted by Gasteiger charge is 2.00. The predicted octanol–water partition coefficient (Wildman–Crippen LogP) is 2.61. The molecule has 23 heavy (non-hydrogen) atoms. The average molecular weight is 358 g/mol. The number of halogens is 3. The summed E-state index contributed by atoms with van der Waals surface area (Å²) < 4.78 is 17.2. The highest BCUT2D eigenvalue weighted by Crippen LogP contribution is 2.10. The first-order valence-electron chi connectivity index (χ1n) is 6.73. The van der Waals surface area contributed by atoms with Crippen LogP contribution in [0, 0.1) is 0 Å². The summed E-state index contributed by atoms with van der Waals surface area (Å²) in [6.45, 7) is 0. The van der Waals surface area contributed by atoms with Crippen LogP contribution in [-0.2, 0) is 7.05 Å². The maximum Gasteiger partial charge on any atom is 0.224 e. The maximum atomic E-state index is 9.96. The molecule has 0 aliphatic heterocycles. The monoisotopic (exact) mass is 357 g/mol. The highest BCUT2D eigenvalue weighted by molar-refractivity contribution is 6.28. The summed E-state index contributed by atoms with van der Waals surface area (Å²) in [4.78, 5) is 15.5. The minimum atomic E-state index is -1.00. The molecule has 0 saturated heterocycles. The maximum absolute atomic E-state index is 9.96. The highest BCUT2D eigenvalue weighted by atomic mass is 35.5. The smallest absolute Gasteiger partial charge is 0.224 e. The third-order valence-corrected chi connectivity index (χ3v) is 2.97. The second kappa shape index (κ2) is 7.75. The van der Waals surface area contributed by atoms with Crippen LogP contribution >= 0.6 is 23.2 Å². The molecule has 0 saturated carbocycles. The van der Waals surface area contributed by atoms with E-state index in [2.05, 4.69) is 35.2 Å². The van der Waals surface area contributed by atoms with Gasteiger partial charge >= 0.3 is 0 Å². The van der Waals surface area contributed by atoms with Gasteiger partial charge in [-0.05, 0) is 23.2 Å². The lowest BCUT2D eigenvalue weighted by Gasteiger charge is -1.91. The van der Waals surface area contributed by atoms with E-state index >= 15 is 0 Å². The summed E-state index contributed by atoms with van der Waals surface area (Å²) in [7, 11) is 0.811. The van der Waals surface area contributed by atoms with Crippen LogP contribution in [0.15, 0.2) is 24.8 Å². The molecule has 1 N–H and O–H groups in total. The Balaban J connectivity index is 0.000000150. The Morgan fingerprint density at radius 3 is 2.48 bits per heavy atom. The molecule has 4 heterocycles. The van der Waals surface area contributed by atoms with Crippen LogP contribution in [0.3, 0.4) is 0 Å². The zero-order chi connectivity index (χ0) is 17.5. The minimum Gasteiger partial charge on any atom is -0.261 e. The van der Waals surface area contributed by atoms with Crippen LogP contribution in [0.1, 0.15) is 1.37 Å². The standard InChI is InChI=1S/C6H5ClN4.C5H3ClN4.CH3F/c1-11-5-4(3-9-11)2-8-6(7)10-5;6-5-7-1-3-2-8-10-4(3)9-5;1-2/h2-3H,1H3;1-2H,(H,7,8,9,10);1H3/i;;1D. The number of alkyl halides is 1. The van der Waals surface area contributed by atoms with E-state index in [0.717, 1.165) is 16.4 Å². The Morgan fingerprint density at radius 2 is 1.74 bits per heavy atom. The lowest BCUT2D eigenvalue weighted by atomic mass is 10.4. The van der Waals surface area contributed by atoms with Crippen LogP contribution in [-0.4, -0.2) is 47.1 Å². The second-order valence-corrected chi connectivity index (χ2v) is 4.68. The zero-order valence-corrected chi connectivity index (χ0v) is 13.3. The van der Waals surface area contributed by atoms with Gasteiger partial charge in [0.1, 0.15) is 0 Å². The van der Waals surface area contributed by atoms with Gasteiger partial charge in [-0.25, -0.2) is 9.97 Å². The van der Waals surface area contributed by atoms with E-state index in [-0.39, 0.29) is 10.6 Å². The summed E-state index contributed by atoms with van der Waals surface area (Å²) in [6.07, 6.45) is 6.61. The average Bonchev–Trinajstić information content (AvgIpc) is 3.15. The quantitative estimate of drug-likeness (QED) is 0.485. The van der Waals surface area contributed by atoms with Crippen LogP contribution in [0.5, 0.6) is 0 Å². The summed E-state index contributed by atoms with van der Waals surface area (Å²) in [6, 6.07) is 0. The Bertz CT molecular complexity index is 928. The van der Waals surface area contributed by atoms with Crippen molar-refractivity contribution < 1.29 is 5.76 Å². The van der Waals surface area contributed by atoms with Crippen LogP contribution in [0.4, 0.5) is 4.39 Å². The van der Waals surface area contributed by atoms with E-state index in [1.165, 1.54) is 0 Å². The molecule has 0 aromatic carbocycles. The van der Waals surface area contributed by atoms with E-state index < -0.39 is 7.15 Å². The van der Waals surface area contributed by atoms with Gasteiger partial charge in [0.2, 0.25) is 10.6 Å². The molecule has 0 aliphatic carbocycles. The van der Waals surface area contributed by atoms with Crippen molar-refractivity contribution in [2.45, 2.75) is 0 Å². The van der Waals surface area contributed by atoms with Gasteiger partial charge in [-0.15, -0.1) is 0 Å². The molecule has 0 fully saturated rings. The van der Waals surface area contributed by atoms with Crippen molar-refractivity contribution in [1.29, 1.82) is 0 Å². The zero-order valence-electron chi connectivity index (χ0n) is 12.8. The molecule has 0 unspecified atom stereocenters. The molecule has 120 valence electrons. The molecule has 8 nitrogen and oxygen atoms in total. The molecule has 0 radical (unpaired) electrons. The van der Waals surface area contributed by atoms with Crippen molar-refractivity contribution in [3.8, 4) is 0 Å². The largest absolute Gasteiger partial charge is 0.261 e. The Morgan fingerprint density at radius 1 is 1.09 bits per heavy atom. The molecule has 11 heteroatoms. The summed E-state index contributed by atoms with van der Waals surface area (Å²) in [5.74, 6) is 0. The predicted molar refractivity (Wildman–Crippen MR) is 85.0 cm³/mol. The summed E-state index contributed by atoms with van der Waals surface area (Å²) in [5.41, 5.74) is 1.42. The molecule has 0 bridgehead atoms. The van der Waals surface area contributed by atoms with Crippen molar-refractivity contribution in [3.63, 3.8) is 0 Å². The number of aryl methyl sites for hydroxylation is 1. The number of hydrogen-bond acceptors (Lipinski definition) is 6. The van der Waals surface area contributed by atoms with Gasteiger partial charge in [0.25, 0.3) is 0 Å².